The van der Waals surface area contributed by atoms with E-state index in [-0.39, 0.29) is 22.7 Å². The highest BCUT2D eigenvalue weighted by Crippen LogP contribution is 2.58. The summed E-state index contributed by atoms with van der Waals surface area (Å²) < 4.78 is 0. The fourth-order valence-corrected chi connectivity index (χ4v) is 3.82. The monoisotopic (exact) mass is 269 g/mol. The van der Waals surface area contributed by atoms with E-state index in [1.807, 2.05) is 0 Å². The van der Waals surface area contributed by atoms with Crippen LogP contribution in [-0.2, 0) is 4.79 Å². The van der Waals surface area contributed by atoms with E-state index in [9.17, 15) is 9.90 Å². The van der Waals surface area contributed by atoms with Crippen molar-refractivity contribution >= 4 is 5.97 Å². The zero-order chi connectivity index (χ0) is 15.1. The number of nitrogens with two attached hydrogens (primary N) is 1. The number of aliphatic carboxylic acids is 1. The van der Waals surface area contributed by atoms with Crippen molar-refractivity contribution in [1.82, 2.24) is 0 Å². The fraction of sp³-hybridized carbons (Fsp3) is 0.938. The van der Waals surface area contributed by atoms with Crippen LogP contribution in [0.25, 0.3) is 0 Å². The molecule has 112 valence electrons. The van der Waals surface area contributed by atoms with Crippen molar-refractivity contribution in [3.8, 4) is 0 Å². The molecule has 1 unspecified atom stereocenters. The normalized spacial score (nSPS) is 32.6. The van der Waals surface area contributed by atoms with E-state index < -0.39 is 5.97 Å². The predicted molar refractivity (Wildman–Crippen MR) is 78.9 cm³/mol. The van der Waals surface area contributed by atoms with E-state index in [4.69, 9.17) is 5.73 Å². The van der Waals surface area contributed by atoms with Crippen molar-refractivity contribution in [3.63, 3.8) is 0 Å². The van der Waals surface area contributed by atoms with E-state index in [0.717, 1.165) is 12.8 Å². The summed E-state index contributed by atoms with van der Waals surface area (Å²) in [5.74, 6) is 0.360. The van der Waals surface area contributed by atoms with Crippen LogP contribution >= 0.6 is 0 Å². The topological polar surface area (TPSA) is 63.3 Å². The van der Waals surface area contributed by atoms with Crippen LogP contribution in [0.5, 0.6) is 0 Å². The van der Waals surface area contributed by atoms with Crippen LogP contribution in [0.3, 0.4) is 0 Å². The van der Waals surface area contributed by atoms with E-state index in [0.29, 0.717) is 18.4 Å². The minimum absolute atomic E-state index is 0.202. The predicted octanol–water partition coefficient (Wildman–Crippen LogP) is 3.52. The summed E-state index contributed by atoms with van der Waals surface area (Å²) in [6.45, 7) is 14.1. The van der Waals surface area contributed by atoms with Gasteiger partial charge in [-0.15, -0.1) is 0 Å². The SMILES string of the molecule is CC(C)(C)[C@@H]1CC(CN)(CC(=O)O)C[C@@H]1C(C)(C)C. The Labute approximate surface area is 118 Å². The second-order valence-electron chi connectivity index (χ2n) is 8.63. The first kappa shape index (κ1) is 16.5. The van der Waals surface area contributed by atoms with Gasteiger partial charge in [-0.05, 0) is 47.5 Å². The summed E-state index contributed by atoms with van der Waals surface area (Å²) in [5, 5.41) is 9.19. The van der Waals surface area contributed by atoms with Crippen LogP contribution in [0.4, 0.5) is 0 Å². The summed E-state index contributed by atoms with van der Waals surface area (Å²) >= 11 is 0. The lowest BCUT2D eigenvalue weighted by atomic mass is 9.66. The van der Waals surface area contributed by atoms with Gasteiger partial charge in [-0.25, -0.2) is 0 Å². The van der Waals surface area contributed by atoms with Gasteiger partial charge in [-0.3, -0.25) is 4.79 Å². The molecule has 1 fully saturated rings. The van der Waals surface area contributed by atoms with Crippen molar-refractivity contribution in [3.05, 3.63) is 0 Å². The van der Waals surface area contributed by atoms with Crippen molar-refractivity contribution in [1.29, 1.82) is 0 Å². The first-order valence-corrected chi connectivity index (χ1v) is 7.33. The van der Waals surface area contributed by atoms with Crippen LogP contribution in [0.1, 0.15) is 60.8 Å². The quantitative estimate of drug-likeness (QED) is 0.824. The number of rotatable bonds is 3. The Morgan fingerprint density at radius 1 is 1.11 bits per heavy atom. The molecule has 0 radical (unpaired) electrons. The highest BCUT2D eigenvalue weighted by atomic mass is 16.4. The number of hydrogen-bond donors (Lipinski definition) is 2. The maximum Gasteiger partial charge on any atom is 0.303 e. The first-order chi connectivity index (χ1) is 8.41. The van der Waals surface area contributed by atoms with Crippen LogP contribution in [0, 0.1) is 28.1 Å². The second kappa shape index (κ2) is 5.08. The Hall–Kier alpha value is -0.570. The molecule has 19 heavy (non-hydrogen) atoms. The Morgan fingerprint density at radius 3 is 1.68 bits per heavy atom. The molecule has 0 aromatic heterocycles. The fourth-order valence-electron chi connectivity index (χ4n) is 3.82. The zero-order valence-corrected chi connectivity index (χ0v) is 13.4. The highest BCUT2D eigenvalue weighted by Gasteiger charge is 2.52. The number of carboxylic acid groups (broad SMARTS) is 1. The van der Waals surface area contributed by atoms with Gasteiger partial charge in [-0.2, -0.15) is 0 Å². The molecule has 0 aliphatic heterocycles. The third-order valence-corrected chi connectivity index (χ3v) is 4.98. The molecule has 0 spiro atoms. The van der Waals surface area contributed by atoms with Gasteiger partial charge in [0.05, 0.1) is 6.42 Å². The summed E-state index contributed by atoms with van der Waals surface area (Å²) in [6, 6.07) is 0. The molecule has 0 aromatic rings. The van der Waals surface area contributed by atoms with E-state index in [1.165, 1.54) is 0 Å². The maximum atomic E-state index is 11.2. The molecule has 3 heteroatoms. The van der Waals surface area contributed by atoms with Crippen molar-refractivity contribution in [2.24, 2.45) is 33.8 Å². The molecule has 0 aromatic carbocycles. The lowest BCUT2D eigenvalue weighted by molar-refractivity contribution is -0.139. The Balaban J connectivity index is 3.08. The maximum absolute atomic E-state index is 11.2. The smallest absolute Gasteiger partial charge is 0.303 e. The molecule has 0 amide bonds. The molecule has 1 aliphatic rings. The summed E-state index contributed by atoms with van der Waals surface area (Å²) in [5.41, 5.74) is 6.16. The second-order valence-corrected chi connectivity index (χ2v) is 8.63. The van der Waals surface area contributed by atoms with Gasteiger partial charge in [0.15, 0.2) is 0 Å². The number of carboxylic acids is 1. The molecule has 0 bridgehead atoms. The molecule has 1 aliphatic carbocycles. The zero-order valence-electron chi connectivity index (χ0n) is 13.4. The average Bonchev–Trinajstić information content (AvgIpc) is 2.56. The third-order valence-electron chi connectivity index (χ3n) is 4.98. The lowest BCUT2D eigenvalue weighted by Gasteiger charge is -2.39. The lowest BCUT2D eigenvalue weighted by Crippen LogP contribution is -2.32. The Kier molecular flexibility index (Phi) is 4.41. The first-order valence-electron chi connectivity index (χ1n) is 7.33. The van der Waals surface area contributed by atoms with E-state index in [1.54, 1.807) is 0 Å². The van der Waals surface area contributed by atoms with Gasteiger partial charge in [0, 0.05) is 0 Å². The Morgan fingerprint density at radius 2 is 1.47 bits per heavy atom. The standard InChI is InChI=1S/C16H31NO2/c1-14(2,3)11-7-16(10-17,9-13(18)19)8-12(11)15(4,5)6/h11-12H,7-10,17H2,1-6H3,(H,18,19)/t11-,12+,16?. The van der Waals surface area contributed by atoms with Gasteiger partial charge >= 0.3 is 5.97 Å². The van der Waals surface area contributed by atoms with Crippen molar-refractivity contribution in [2.75, 3.05) is 6.54 Å². The van der Waals surface area contributed by atoms with Gasteiger partial charge in [0.25, 0.3) is 0 Å². The molecular weight excluding hydrogens is 238 g/mol. The minimum atomic E-state index is -0.715. The van der Waals surface area contributed by atoms with Crippen molar-refractivity contribution < 1.29 is 9.90 Å². The molecule has 1 rings (SSSR count). The molecule has 3 nitrogen and oxygen atoms in total. The third kappa shape index (κ3) is 3.71. The van der Waals surface area contributed by atoms with E-state index >= 15 is 0 Å². The molecule has 3 atom stereocenters. The van der Waals surface area contributed by atoms with E-state index in [2.05, 4.69) is 41.5 Å². The van der Waals surface area contributed by atoms with Crippen LogP contribution < -0.4 is 5.73 Å². The average molecular weight is 269 g/mol. The molecular formula is C16H31NO2. The van der Waals surface area contributed by atoms with Gasteiger partial charge in [0.1, 0.15) is 0 Å². The van der Waals surface area contributed by atoms with Crippen LogP contribution in [0.15, 0.2) is 0 Å². The van der Waals surface area contributed by atoms with Gasteiger partial charge < -0.3 is 10.8 Å². The van der Waals surface area contributed by atoms with Crippen LogP contribution in [-0.4, -0.2) is 17.6 Å². The molecule has 3 N–H and O–H groups in total. The highest BCUT2D eigenvalue weighted by molar-refractivity contribution is 5.67. The van der Waals surface area contributed by atoms with Gasteiger partial charge in [0.2, 0.25) is 0 Å². The minimum Gasteiger partial charge on any atom is -0.481 e. The Bertz CT molecular complexity index is 314. The number of carbonyl (C=O) groups is 1. The van der Waals surface area contributed by atoms with Gasteiger partial charge in [-0.1, -0.05) is 41.5 Å². The molecule has 1 saturated carbocycles. The summed E-state index contributed by atoms with van der Waals surface area (Å²) in [6.07, 6.45) is 2.10. The van der Waals surface area contributed by atoms with Crippen LogP contribution in [0.2, 0.25) is 0 Å². The molecule has 0 heterocycles. The largest absolute Gasteiger partial charge is 0.481 e. The summed E-state index contributed by atoms with van der Waals surface area (Å²) in [4.78, 5) is 11.2. The van der Waals surface area contributed by atoms with Crippen molar-refractivity contribution in [2.45, 2.75) is 60.8 Å². The molecule has 0 saturated heterocycles. The summed E-state index contributed by atoms with van der Waals surface area (Å²) in [7, 11) is 0. The number of hydrogen-bond acceptors (Lipinski definition) is 2.